The molecule has 0 bridgehead atoms. The van der Waals surface area contributed by atoms with Crippen LogP contribution >= 0.6 is 0 Å². The maximum atomic E-state index is 5.42. The van der Waals surface area contributed by atoms with Gasteiger partial charge in [-0.3, -0.25) is 0 Å². The van der Waals surface area contributed by atoms with Gasteiger partial charge in [0.15, 0.2) is 5.82 Å². The number of likely N-dealkylation sites (N-methyl/N-ethyl adjacent to an activating group) is 1. The van der Waals surface area contributed by atoms with E-state index in [4.69, 9.17) is 4.52 Å². The van der Waals surface area contributed by atoms with Gasteiger partial charge in [0.05, 0.1) is 0 Å². The molecule has 2 rings (SSSR count). The van der Waals surface area contributed by atoms with Gasteiger partial charge in [-0.05, 0) is 19.9 Å². The molecule has 0 aromatic carbocycles. The molecule has 1 aliphatic carbocycles. The van der Waals surface area contributed by atoms with Gasteiger partial charge >= 0.3 is 0 Å². The molecule has 18 heavy (non-hydrogen) atoms. The third-order valence-corrected chi connectivity index (χ3v) is 3.97. The molecule has 0 amide bonds. The van der Waals surface area contributed by atoms with Crippen LogP contribution in [0.15, 0.2) is 4.52 Å². The van der Waals surface area contributed by atoms with Crippen molar-refractivity contribution in [2.24, 2.45) is 0 Å². The van der Waals surface area contributed by atoms with Crippen LogP contribution in [-0.4, -0.2) is 22.7 Å². The van der Waals surface area contributed by atoms with E-state index in [0.717, 1.165) is 18.1 Å². The standard InChI is InChI=1S/C14H25N3O/c1-13(2,3)12-16-11(18-17-12)10-14(15-4)8-6-5-7-9-14/h15H,5-10H2,1-4H3. The molecule has 0 saturated heterocycles. The third-order valence-electron chi connectivity index (χ3n) is 3.97. The minimum atomic E-state index is -0.0406. The molecule has 0 radical (unpaired) electrons. The van der Waals surface area contributed by atoms with E-state index in [2.05, 4.69) is 36.2 Å². The number of rotatable bonds is 3. The summed E-state index contributed by atoms with van der Waals surface area (Å²) in [4.78, 5) is 4.55. The predicted octanol–water partition coefficient (Wildman–Crippen LogP) is 2.83. The van der Waals surface area contributed by atoms with Crippen molar-refractivity contribution in [2.75, 3.05) is 7.05 Å². The van der Waals surface area contributed by atoms with Crippen molar-refractivity contribution >= 4 is 0 Å². The van der Waals surface area contributed by atoms with E-state index >= 15 is 0 Å². The monoisotopic (exact) mass is 251 g/mol. The molecular weight excluding hydrogens is 226 g/mol. The summed E-state index contributed by atoms with van der Waals surface area (Å²) in [5.41, 5.74) is 0.126. The average molecular weight is 251 g/mol. The molecule has 1 aromatic rings. The van der Waals surface area contributed by atoms with E-state index in [-0.39, 0.29) is 11.0 Å². The molecule has 1 aromatic heterocycles. The first kappa shape index (κ1) is 13.5. The second-order valence-corrected chi connectivity index (χ2v) is 6.53. The van der Waals surface area contributed by atoms with E-state index in [1.54, 1.807) is 0 Å². The zero-order valence-electron chi connectivity index (χ0n) is 12.0. The first-order chi connectivity index (χ1) is 8.45. The van der Waals surface area contributed by atoms with Crippen LogP contribution in [0, 0.1) is 0 Å². The van der Waals surface area contributed by atoms with Crippen LogP contribution in [0.5, 0.6) is 0 Å². The molecular formula is C14H25N3O. The number of aromatic nitrogens is 2. The molecule has 0 aliphatic heterocycles. The summed E-state index contributed by atoms with van der Waals surface area (Å²) in [5.74, 6) is 1.58. The summed E-state index contributed by atoms with van der Waals surface area (Å²) in [6, 6.07) is 0. The fourth-order valence-electron chi connectivity index (χ4n) is 2.66. The maximum absolute atomic E-state index is 5.42. The molecule has 4 heteroatoms. The largest absolute Gasteiger partial charge is 0.339 e. The van der Waals surface area contributed by atoms with Gasteiger partial charge in [-0.1, -0.05) is 45.2 Å². The van der Waals surface area contributed by atoms with Crippen molar-refractivity contribution in [3.63, 3.8) is 0 Å². The smallest absolute Gasteiger partial charge is 0.228 e. The normalized spacial score (nSPS) is 20.0. The third kappa shape index (κ3) is 2.91. The summed E-state index contributed by atoms with van der Waals surface area (Å²) >= 11 is 0. The lowest BCUT2D eigenvalue weighted by Crippen LogP contribution is -2.46. The molecule has 1 fully saturated rings. The van der Waals surface area contributed by atoms with Crippen LogP contribution in [0.25, 0.3) is 0 Å². The lowest BCUT2D eigenvalue weighted by molar-refractivity contribution is 0.220. The molecule has 1 aliphatic rings. The average Bonchev–Trinajstić information content (AvgIpc) is 2.78. The second kappa shape index (κ2) is 5.00. The number of hydrogen-bond donors (Lipinski definition) is 1. The van der Waals surface area contributed by atoms with E-state index in [0.29, 0.717) is 0 Å². The fraction of sp³-hybridized carbons (Fsp3) is 0.857. The summed E-state index contributed by atoms with van der Waals surface area (Å²) in [7, 11) is 2.05. The van der Waals surface area contributed by atoms with E-state index < -0.39 is 0 Å². The van der Waals surface area contributed by atoms with Gasteiger partial charge in [-0.15, -0.1) is 0 Å². The molecule has 0 unspecified atom stereocenters. The summed E-state index contributed by atoms with van der Waals surface area (Å²) in [6.07, 6.45) is 7.20. The Labute approximate surface area is 110 Å². The van der Waals surface area contributed by atoms with Crippen molar-refractivity contribution < 1.29 is 4.52 Å². The number of nitrogens with one attached hydrogen (secondary N) is 1. The first-order valence-corrected chi connectivity index (χ1v) is 6.97. The Morgan fingerprint density at radius 3 is 2.39 bits per heavy atom. The fourth-order valence-corrected chi connectivity index (χ4v) is 2.66. The van der Waals surface area contributed by atoms with Gasteiger partial charge in [-0.2, -0.15) is 4.98 Å². The van der Waals surface area contributed by atoms with Gasteiger partial charge in [0, 0.05) is 17.4 Å². The van der Waals surface area contributed by atoms with Crippen LogP contribution < -0.4 is 5.32 Å². The zero-order valence-corrected chi connectivity index (χ0v) is 12.0. The van der Waals surface area contributed by atoms with Gasteiger partial charge in [0.2, 0.25) is 5.89 Å². The lowest BCUT2D eigenvalue weighted by atomic mass is 9.79. The Hall–Kier alpha value is -0.900. The zero-order chi connectivity index (χ0) is 13.2. The maximum Gasteiger partial charge on any atom is 0.228 e. The van der Waals surface area contributed by atoms with Gasteiger partial charge < -0.3 is 9.84 Å². The summed E-state index contributed by atoms with van der Waals surface area (Å²) < 4.78 is 5.42. The number of nitrogens with zero attached hydrogens (tertiary/aromatic N) is 2. The molecule has 4 nitrogen and oxygen atoms in total. The quantitative estimate of drug-likeness (QED) is 0.897. The van der Waals surface area contributed by atoms with Crippen LogP contribution in [0.4, 0.5) is 0 Å². The van der Waals surface area contributed by atoms with E-state index in [1.807, 2.05) is 7.05 Å². The Bertz CT molecular complexity index is 386. The molecule has 102 valence electrons. The Morgan fingerprint density at radius 2 is 1.89 bits per heavy atom. The minimum Gasteiger partial charge on any atom is -0.339 e. The molecule has 0 spiro atoms. The molecule has 1 heterocycles. The van der Waals surface area contributed by atoms with Crippen molar-refractivity contribution in [3.8, 4) is 0 Å². The van der Waals surface area contributed by atoms with Crippen molar-refractivity contribution in [3.05, 3.63) is 11.7 Å². The van der Waals surface area contributed by atoms with E-state index in [1.165, 1.54) is 32.1 Å². The topological polar surface area (TPSA) is 51.0 Å². The van der Waals surface area contributed by atoms with E-state index in [9.17, 15) is 0 Å². The molecule has 1 saturated carbocycles. The van der Waals surface area contributed by atoms with Crippen molar-refractivity contribution in [1.29, 1.82) is 0 Å². The van der Waals surface area contributed by atoms with Crippen LogP contribution in [-0.2, 0) is 11.8 Å². The molecule has 0 atom stereocenters. The number of hydrogen-bond acceptors (Lipinski definition) is 4. The minimum absolute atomic E-state index is 0.0406. The highest BCUT2D eigenvalue weighted by molar-refractivity contribution is 5.03. The molecule has 1 N–H and O–H groups in total. The van der Waals surface area contributed by atoms with Crippen LogP contribution in [0.3, 0.4) is 0 Å². The van der Waals surface area contributed by atoms with Gasteiger partial charge in [0.1, 0.15) is 0 Å². The Morgan fingerprint density at radius 1 is 1.22 bits per heavy atom. The highest BCUT2D eigenvalue weighted by Crippen LogP contribution is 2.31. The Balaban J connectivity index is 2.10. The van der Waals surface area contributed by atoms with Gasteiger partial charge in [0.25, 0.3) is 0 Å². The first-order valence-electron chi connectivity index (χ1n) is 6.97. The van der Waals surface area contributed by atoms with Crippen LogP contribution in [0.2, 0.25) is 0 Å². The van der Waals surface area contributed by atoms with Gasteiger partial charge in [-0.25, -0.2) is 0 Å². The Kier molecular flexibility index (Phi) is 3.76. The van der Waals surface area contributed by atoms with Crippen LogP contribution in [0.1, 0.15) is 64.6 Å². The second-order valence-electron chi connectivity index (χ2n) is 6.53. The predicted molar refractivity (Wildman–Crippen MR) is 71.6 cm³/mol. The van der Waals surface area contributed by atoms with Crippen molar-refractivity contribution in [1.82, 2.24) is 15.5 Å². The highest BCUT2D eigenvalue weighted by atomic mass is 16.5. The SMILES string of the molecule is CNC1(Cc2nc(C(C)(C)C)no2)CCCCC1. The summed E-state index contributed by atoms with van der Waals surface area (Å²) in [5, 5.41) is 7.59. The highest BCUT2D eigenvalue weighted by Gasteiger charge is 2.33. The van der Waals surface area contributed by atoms with Crippen molar-refractivity contribution in [2.45, 2.75) is 70.3 Å². The summed E-state index contributed by atoms with van der Waals surface area (Å²) in [6.45, 7) is 6.32. The lowest BCUT2D eigenvalue weighted by Gasteiger charge is -2.36.